The topological polar surface area (TPSA) is 4.93 Å². The minimum atomic E-state index is 1.03. The predicted octanol–water partition coefficient (Wildman–Crippen LogP) is 5.20. The van der Waals surface area contributed by atoms with Crippen LogP contribution in [0.25, 0.3) is 10.9 Å². The summed E-state index contributed by atoms with van der Waals surface area (Å²) in [7, 11) is 0. The van der Waals surface area contributed by atoms with Crippen molar-refractivity contribution >= 4 is 38.6 Å². The average Bonchev–Trinajstić information content (AvgIpc) is 2.85. The van der Waals surface area contributed by atoms with E-state index in [-0.39, 0.29) is 0 Å². The van der Waals surface area contributed by atoms with E-state index in [0.29, 0.717) is 0 Å². The number of nitrogens with zero attached hydrogens (tertiary/aromatic N) is 1. The molecule has 2 aromatic carbocycles. The fourth-order valence-corrected chi connectivity index (χ4v) is 3.52. The number of benzene rings is 2. The summed E-state index contributed by atoms with van der Waals surface area (Å²) in [6.45, 7) is 1.03. The molecule has 0 bridgehead atoms. The molecule has 1 nitrogen and oxygen atoms in total. The van der Waals surface area contributed by atoms with Crippen LogP contribution >= 0.6 is 27.7 Å². The highest BCUT2D eigenvalue weighted by molar-refractivity contribution is 9.10. The first-order chi connectivity index (χ1) is 9.34. The Hall–Kier alpha value is -1.19. The highest BCUT2D eigenvalue weighted by Crippen LogP contribution is 2.25. The molecule has 0 saturated carbocycles. The van der Waals surface area contributed by atoms with Crippen LogP contribution in [0.15, 0.2) is 70.2 Å². The maximum Gasteiger partial charge on any atom is 0.0491 e. The Kier molecular flexibility index (Phi) is 3.95. The zero-order valence-corrected chi connectivity index (χ0v) is 12.8. The lowest BCUT2D eigenvalue weighted by Crippen LogP contribution is -1.98. The molecule has 0 amide bonds. The first kappa shape index (κ1) is 12.8. The van der Waals surface area contributed by atoms with Gasteiger partial charge in [-0.15, -0.1) is 11.8 Å². The summed E-state index contributed by atoms with van der Waals surface area (Å²) in [5, 5.41) is 1.28. The van der Waals surface area contributed by atoms with Crippen LogP contribution in [0.4, 0.5) is 0 Å². The van der Waals surface area contributed by atoms with Gasteiger partial charge in [0.05, 0.1) is 0 Å². The second-order valence-electron chi connectivity index (χ2n) is 4.34. The zero-order valence-electron chi connectivity index (χ0n) is 10.4. The summed E-state index contributed by atoms with van der Waals surface area (Å²) in [4.78, 5) is 1.33. The lowest BCUT2D eigenvalue weighted by molar-refractivity contribution is 0.807. The second-order valence-corrected chi connectivity index (χ2v) is 6.37. The monoisotopic (exact) mass is 331 g/mol. The van der Waals surface area contributed by atoms with E-state index < -0.39 is 0 Å². The molecule has 96 valence electrons. The highest BCUT2D eigenvalue weighted by Gasteiger charge is 2.03. The van der Waals surface area contributed by atoms with E-state index in [1.54, 1.807) is 0 Å². The maximum atomic E-state index is 3.60. The van der Waals surface area contributed by atoms with Crippen molar-refractivity contribution in [3.63, 3.8) is 0 Å². The van der Waals surface area contributed by atoms with E-state index in [1.807, 2.05) is 11.8 Å². The molecule has 0 N–H and O–H groups in total. The molecule has 19 heavy (non-hydrogen) atoms. The van der Waals surface area contributed by atoms with Gasteiger partial charge >= 0.3 is 0 Å². The minimum Gasteiger partial charge on any atom is -0.347 e. The summed E-state index contributed by atoms with van der Waals surface area (Å²) < 4.78 is 3.48. The molecule has 3 rings (SSSR count). The Balaban J connectivity index is 1.71. The lowest BCUT2D eigenvalue weighted by atomic mass is 10.2. The average molecular weight is 332 g/mol. The lowest BCUT2D eigenvalue weighted by Gasteiger charge is -2.06. The van der Waals surface area contributed by atoms with Gasteiger partial charge in [-0.1, -0.05) is 40.2 Å². The standard InChI is InChI=1S/C16H14BrNS/c17-15-7-4-8-16-14(15)9-10-18(16)11-12-19-13-5-2-1-3-6-13/h1-10H,11-12H2. The third-order valence-corrected chi connectivity index (χ3v) is 4.79. The van der Waals surface area contributed by atoms with Crippen molar-refractivity contribution in [3.05, 3.63) is 65.3 Å². The van der Waals surface area contributed by atoms with Gasteiger partial charge in [0.15, 0.2) is 0 Å². The molecule has 0 aliphatic heterocycles. The Labute approximate surface area is 125 Å². The number of fused-ring (bicyclic) bond motifs is 1. The normalized spacial score (nSPS) is 11.0. The summed E-state index contributed by atoms with van der Waals surface area (Å²) in [5.74, 6) is 1.08. The van der Waals surface area contributed by atoms with Gasteiger partial charge in [-0.25, -0.2) is 0 Å². The molecular weight excluding hydrogens is 318 g/mol. The van der Waals surface area contributed by atoms with Crippen LogP contribution in [0.3, 0.4) is 0 Å². The number of thioether (sulfide) groups is 1. The van der Waals surface area contributed by atoms with Crippen molar-refractivity contribution in [2.75, 3.05) is 5.75 Å². The number of rotatable bonds is 4. The van der Waals surface area contributed by atoms with Gasteiger partial charge in [-0.05, 0) is 30.3 Å². The zero-order chi connectivity index (χ0) is 13.1. The number of hydrogen-bond donors (Lipinski definition) is 0. The number of halogens is 1. The predicted molar refractivity (Wildman–Crippen MR) is 86.8 cm³/mol. The third kappa shape index (κ3) is 2.88. The molecule has 0 unspecified atom stereocenters. The molecule has 1 heterocycles. The molecule has 0 saturated heterocycles. The van der Waals surface area contributed by atoms with E-state index in [9.17, 15) is 0 Å². The molecule has 3 aromatic rings. The van der Waals surface area contributed by atoms with Crippen LogP contribution in [0.1, 0.15) is 0 Å². The third-order valence-electron chi connectivity index (χ3n) is 3.10. The first-order valence-corrected chi connectivity index (χ1v) is 8.04. The Morgan fingerprint density at radius 3 is 2.63 bits per heavy atom. The van der Waals surface area contributed by atoms with E-state index in [4.69, 9.17) is 0 Å². The van der Waals surface area contributed by atoms with Gasteiger partial charge in [0.1, 0.15) is 0 Å². The van der Waals surface area contributed by atoms with Crippen LogP contribution in [0.5, 0.6) is 0 Å². The number of hydrogen-bond acceptors (Lipinski definition) is 1. The summed E-state index contributed by atoms with van der Waals surface area (Å²) in [6.07, 6.45) is 2.17. The Morgan fingerprint density at radius 2 is 1.79 bits per heavy atom. The maximum absolute atomic E-state index is 3.60. The second kappa shape index (κ2) is 5.85. The van der Waals surface area contributed by atoms with Gasteiger partial charge in [0.2, 0.25) is 0 Å². The summed E-state index contributed by atoms with van der Waals surface area (Å²) in [6, 6.07) is 19.1. The molecule has 1 aromatic heterocycles. The van der Waals surface area contributed by atoms with E-state index in [1.165, 1.54) is 20.3 Å². The van der Waals surface area contributed by atoms with Crippen LogP contribution in [-0.2, 0) is 6.54 Å². The van der Waals surface area contributed by atoms with E-state index >= 15 is 0 Å². The smallest absolute Gasteiger partial charge is 0.0491 e. The SMILES string of the molecule is Brc1cccc2c1ccn2CCSc1ccccc1. The number of aryl methyl sites for hydroxylation is 1. The highest BCUT2D eigenvalue weighted by atomic mass is 79.9. The van der Waals surface area contributed by atoms with E-state index in [2.05, 4.69) is 81.3 Å². The van der Waals surface area contributed by atoms with Crippen LogP contribution in [-0.4, -0.2) is 10.3 Å². The molecule has 3 heteroatoms. The first-order valence-electron chi connectivity index (χ1n) is 6.26. The molecule has 0 spiro atoms. The van der Waals surface area contributed by atoms with Crippen molar-refractivity contribution < 1.29 is 0 Å². The van der Waals surface area contributed by atoms with Crippen molar-refractivity contribution in [3.8, 4) is 0 Å². The molecule has 0 aliphatic carbocycles. The molecule has 0 aliphatic rings. The Bertz CT molecular complexity index is 676. The Morgan fingerprint density at radius 1 is 0.947 bits per heavy atom. The van der Waals surface area contributed by atoms with Crippen molar-refractivity contribution in [2.24, 2.45) is 0 Å². The van der Waals surface area contributed by atoms with Crippen LogP contribution in [0, 0.1) is 0 Å². The van der Waals surface area contributed by atoms with Gasteiger partial charge in [0, 0.05) is 38.8 Å². The van der Waals surface area contributed by atoms with Crippen LogP contribution in [0.2, 0.25) is 0 Å². The van der Waals surface area contributed by atoms with E-state index in [0.717, 1.165) is 12.3 Å². The molecule has 0 atom stereocenters. The number of aromatic nitrogens is 1. The largest absolute Gasteiger partial charge is 0.347 e. The van der Waals surface area contributed by atoms with Gasteiger partial charge < -0.3 is 4.57 Å². The van der Waals surface area contributed by atoms with Crippen molar-refractivity contribution in [2.45, 2.75) is 11.4 Å². The minimum absolute atomic E-state index is 1.03. The fraction of sp³-hybridized carbons (Fsp3) is 0.125. The molecular formula is C16H14BrNS. The quantitative estimate of drug-likeness (QED) is 0.595. The van der Waals surface area contributed by atoms with Crippen molar-refractivity contribution in [1.82, 2.24) is 4.57 Å². The summed E-state index contributed by atoms with van der Waals surface area (Å²) >= 11 is 5.50. The van der Waals surface area contributed by atoms with Gasteiger partial charge in [-0.2, -0.15) is 0 Å². The van der Waals surface area contributed by atoms with Gasteiger partial charge in [-0.3, -0.25) is 0 Å². The molecule has 0 fully saturated rings. The van der Waals surface area contributed by atoms with Crippen molar-refractivity contribution in [1.29, 1.82) is 0 Å². The van der Waals surface area contributed by atoms with Crippen LogP contribution < -0.4 is 0 Å². The summed E-state index contributed by atoms with van der Waals surface area (Å²) in [5.41, 5.74) is 1.29. The fourth-order valence-electron chi connectivity index (χ4n) is 2.16. The van der Waals surface area contributed by atoms with Gasteiger partial charge in [0.25, 0.3) is 0 Å². The molecule has 0 radical (unpaired) electrons.